The third-order valence-corrected chi connectivity index (χ3v) is 5.94. The number of hydrogen-bond acceptors (Lipinski definition) is 3. The molecule has 3 heterocycles. The van der Waals surface area contributed by atoms with Gasteiger partial charge in [0, 0.05) is 29.8 Å². The van der Waals surface area contributed by atoms with Crippen LogP contribution in [-0.4, -0.2) is 37.8 Å². The van der Waals surface area contributed by atoms with Crippen molar-refractivity contribution in [2.75, 3.05) is 13.2 Å². The molecule has 5 nitrogen and oxygen atoms in total. The summed E-state index contributed by atoms with van der Waals surface area (Å²) in [6.07, 6.45) is 1.81. The lowest BCUT2D eigenvalue weighted by molar-refractivity contribution is 0.223. The third kappa shape index (κ3) is 3.54. The van der Waals surface area contributed by atoms with Gasteiger partial charge in [-0.05, 0) is 74.4 Å². The summed E-state index contributed by atoms with van der Waals surface area (Å²) in [4.78, 5) is 6.66. The normalized spacial score (nSPS) is 18.9. The van der Waals surface area contributed by atoms with Crippen molar-refractivity contribution in [3.05, 3.63) is 82.9 Å². The predicted octanol–water partition coefficient (Wildman–Crippen LogP) is 3.76. The van der Waals surface area contributed by atoms with E-state index in [0.29, 0.717) is 11.7 Å². The third-order valence-electron chi connectivity index (χ3n) is 5.59. The Morgan fingerprint density at radius 2 is 1.93 bits per heavy atom. The van der Waals surface area contributed by atoms with E-state index in [9.17, 15) is 5.11 Å². The fourth-order valence-electron chi connectivity index (χ4n) is 4.34. The van der Waals surface area contributed by atoms with Crippen LogP contribution in [0.25, 0.3) is 5.69 Å². The number of nitrogens with one attached hydrogen (secondary N) is 1. The molecule has 3 aromatic rings. The predicted molar refractivity (Wildman–Crippen MR) is 119 cm³/mol. The van der Waals surface area contributed by atoms with Gasteiger partial charge in [0.2, 0.25) is 0 Å². The minimum absolute atomic E-state index is 0.0330. The number of aliphatic hydroxyl groups is 1. The van der Waals surface area contributed by atoms with Gasteiger partial charge in [-0.15, -0.1) is 0 Å². The molecule has 1 aromatic carbocycles. The van der Waals surface area contributed by atoms with Crippen LogP contribution in [0, 0.1) is 20.8 Å². The van der Waals surface area contributed by atoms with Crippen molar-refractivity contribution in [1.82, 2.24) is 19.8 Å². The zero-order valence-corrected chi connectivity index (χ0v) is 17.8. The Hall–Kier alpha value is -2.70. The van der Waals surface area contributed by atoms with E-state index in [2.05, 4.69) is 70.9 Å². The van der Waals surface area contributed by atoms with Crippen LogP contribution in [-0.2, 0) is 0 Å². The summed E-state index contributed by atoms with van der Waals surface area (Å²) in [6, 6.07) is 16.6. The number of pyridine rings is 1. The average molecular weight is 407 g/mol. The monoisotopic (exact) mass is 406 g/mol. The Morgan fingerprint density at radius 1 is 1.10 bits per heavy atom. The fourth-order valence-corrected chi connectivity index (χ4v) is 4.68. The molecule has 0 saturated carbocycles. The van der Waals surface area contributed by atoms with Crippen LogP contribution in [0.3, 0.4) is 0 Å². The van der Waals surface area contributed by atoms with Gasteiger partial charge in [0.25, 0.3) is 0 Å². The Morgan fingerprint density at radius 3 is 2.62 bits per heavy atom. The highest BCUT2D eigenvalue weighted by Crippen LogP contribution is 2.41. The minimum atomic E-state index is -0.0679. The first kappa shape index (κ1) is 19.6. The molecular formula is C23H26N4OS. The minimum Gasteiger partial charge on any atom is -0.395 e. The maximum absolute atomic E-state index is 9.65. The number of hydrogen-bond donors (Lipinski definition) is 2. The zero-order chi connectivity index (χ0) is 20.5. The van der Waals surface area contributed by atoms with Crippen molar-refractivity contribution in [2.45, 2.75) is 32.9 Å². The van der Waals surface area contributed by atoms with Crippen molar-refractivity contribution in [3.8, 4) is 5.69 Å². The molecule has 2 unspecified atom stereocenters. The largest absolute Gasteiger partial charge is 0.395 e. The number of aryl methyl sites for hydroxylation is 2. The molecule has 1 saturated heterocycles. The van der Waals surface area contributed by atoms with Crippen LogP contribution in [0.2, 0.25) is 0 Å². The van der Waals surface area contributed by atoms with Gasteiger partial charge >= 0.3 is 0 Å². The summed E-state index contributed by atoms with van der Waals surface area (Å²) in [5, 5.41) is 13.7. The highest BCUT2D eigenvalue weighted by Gasteiger charge is 2.41. The summed E-state index contributed by atoms with van der Waals surface area (Å²) in [5.74, 6) is 0. The van der Waals surface area contributed by atoms with Crippen LogP contribution in [0.4, 0.5) is 0 Å². The van der Waals surface area contributed by atoms with Crippen LogP contribution in [0.15, 0.2) is 54.7 Å². The molecule has 4 rings (SSSR count). The second-order valence-corrected chi connectivity index (χ2v) is 7.93. The van der Waals surface area contributed by atoms with E-state index in [1.54, 1.807) is 0 Å². The van der Waals surface area contributed by atoms with Gasteiger partial charge in [-0.25, -0.2) is 0 Å². The number of nitrogens with zero attached hydrogens (tertiary/aromatic N) is 3. The highest BCUT2D eigenvalue weighted by atomic mass is 32.1. The molecule has 1 fully saturated rings. The molecule has 0 aliphatic carbocycles. The molecule has 0 bridgehead atoms. The molecule has 6 heteroatoms. The number of aromatic nitrogens is 2. The van der Waals surface area contributed by atoms with Crippen molar-refractivity contribution >= 4 is 17.3 Å². The standard InChI is InChI=1S/C23H26N4OS/c1-15-7-6-8-18(13-15)27-16(2)14-19(17(27)3)22-21(20-9-4-5-10-24-20)25-23(29)26(22)11-12-28/h4-10,13-14,21-22,28H,11-12H2,1-3H3,(H,25,29). The summed E-state index contributed by atoms with van der Waals surface area (Å²) in [7, 11) is 0. The van der Waals surface area contributed by atoms with Gasteiger partial charge < -0.3 is 19.9 Å². The van der Waals surface area contributed by atoms with E-state index in [-0.39, 0.29) is 18.7 Å². The highest BCUT2D eigenvalue weighted by molar-refractivity contribution is 7.80. The quantitative estimate of drug-likeness (QED) is 0.632. The molecule has 1 aliphatic rings. The number of thiocarbonyl (C=S) groups is 1. The number of aliphatic hydroxyl groups excluding tert-OH is 1. The van der Waals surface area contributed by atoms with Crippen molar-refractivity contribution in [3.63, 3.8) is 0 Å². The molecule has 150 valence electrons. The number of β-amino-alcohol motifs (C(OH)–C–C–N with tert-alkyl or cyclic N) is 1. The lowest BCUT2D eigenvalue weighted by atomic mass is 9.97. The summed E-state index contributed by atoms with van der Waals surface area (Å²) in [6.45, 7) is 6.92. The number of benzene rings is 1. The molecular weight excluding hydrogens is 380 g/mol. The fraction of sp³-hybridized carbons (Fsp3) is 0.304. The molecule has 2 atom stereocenters. The average Bonchev–Trinajstić information content (AvgIpc) is 3.18. The van der Waals surface area contributed by atoms with Gasteiger partial charge in [-0.1, -0.05) is 18.2 Å². The second-order valence-electron chi connectivity index (χ2n) is 7.54. The zero-order valence-electron chi connectivity index (χ0n) is 17.0. The summed E-state index contributed by atoms with van der Waals surface area (Å²) >= 11 is 5.62. The molecule has 0 radical (unpaired) electrons. The Bertz CT molecular complexity index is 1030. The van der Waals surface area contributed by atoms with Crippen molar-refractivity contribution < 1.29 is 5.11 Å². The van der Waals surface area contributed by atoms with Gasteiger partial charge in [0.05, 0.1) is 24.4 Å². The van der Waals surface area contributed by atoms with Gasteiger partial charge in [0.1, 0.15) is 0 Å². The van der Waals surface area contributed by atoms with Crippen LogP contribution in [0.5, 0.6) is 0 Å². The first-order valence-electron chi connectivity index (χ1n) is 9.86. The lowest BCUT2D eigenvalue weighted by Crippen LogP contribution is -2.32. The molecule has 2 aromatic heterocycles. The van der Waals surface area contributed by atoms with Crippen LogP contribution in [0.1, 0.15) is 40.3 Å². The second kappa shape index (κ2) is 7.97. The molecule has 2 N–H and O–H groups in total. The van der Waals surface area contributed by atoms with E-state index < -0.39 is 0 Å². The maximum Gasteiger partial charge on any atom is 0.170 e. The van der Waals surface area contributed by atoms with Crippen molar-refractivity contribution in [1.29, 1.82) is 0 Å². The van der Waals surface area contributed by atoms with E-state index in [1.807, 2.05) is 24.4 Å². The molecule has 0 spiro atoms. The van der Waals surface area contributed by atoms with E-state index >= 15 is 0 Å². The van der Waals surface area contributed by atoms with Gasteiger partial charge in [-0.3, -0.25) is 4.98 Å². The van der Waals surface area contributed by atoms with Crippen LogP contribution >= 0.6 is 12.2 Å². The number of rotatable bonds is 5. The SMILES string of the molecule is Cc1cccc(-n2c(C)cc(C3C(c4ccccn4)NC(=S)N3CCO)c2C)c1. The van der Waals surface area contributed by atoms with E-state index in [1.165, 1.54) is 22.5 Å². The molecule has 0 amide bonds. The molecule has 29 heavy (non-hydrogen) atoms. The lowest BCUT2D eigenvalue weighted by Gasteiger charge is -2.27. The van der Waals surface area contributed by atoms with Crippen LogP contribution < -0.4 is 5.32 Å². The smallest absolute Gasteiger partial charge is 0.170 e. The topological polar surface area (TPSA) is 53.3 Å². The first-order chi connectivity index (χ1) is 14.0. The Labute approximate surface area is 177 Å². The van der Waals surface area contributed by atoms with E-state index in [4.69, 9.17) is 12.2 Å². The maximum atomic E-state index is 9.65. The molecule has 1 aliphatic heterocycles. The van der Waals surface area contributed by atoms with E-state index in [0.717, 1.165) is 11.4 Å². The van der Waals surface area contributed by atoms with Crippen molar-refractivity contribution in [2.24, 2.45) is 0 Å². The first-order valence-corrected chi connectivity index (χ1v) is 10.3. The Kier molecular flexibility index (Phi) is 5.39. The summed E-state index contributed by atoms with van der Waals surface area (Å²) in [5.41, 5.74) is 6.87. The Balaban J connectivity index is 1.84. The summed E-state index contributed by atoms with van der Waals surface area (Å²) < 4.78 is 2.29. The van der Waals surface area contributed by atoms with Gasteiger partial charge in [0.15, 0.2) is 5.11 Å². The van der Waals surface area contributed by atoms with Gasteiger partial charge in [-0.2, -0.15) is 0 Å².